The van der Waals surface area contributed by atoms with E-state index in [2.05, 4.69) is 10.3 Å². The predicted molar refractivity (Wildman–Crippen MR) is 106 cm³/mol. The molecule has 1 aliphatic rings. The largest absolute Gasteiger partial charge is 0.466 e. The van der Waals surface area contributed by atoms with Crippen molar-refractivity contribution in [2.45, 2.75) is 33.6 Å². The molecule has 0 unspecified atom stereocenters. The minimum Gasteiger partial charge on any atom is -0.466 e. The molecule has 2 heterocycles. The maximum absolute atomic E-state index is 13.2. The van der Waals surface area contributed by atoms with E-state index in [-0.39, 0.29) is 23.7 Å². The van der Waals surface area contributed by atoms with E-state index in [1.54, 1.807) is 24.0 Å². The quantitative estimate of drug-likeness (QED) is 0.820. The van der Waals surface area contributed by atoms with Crippen LogP contribution in [0, 0.1) is 12.8 Å². The fraction of sp³-hybridized carbons (Fsp3) is 0.429. The number of amides is 2. The number of anilines is 1. The van der Waals surface area contributed by atoms with Crippen molar-refractivity contribution >= 4 is 34.4 Å². The van der Waals surface area contributed by atoms with Gasteiger partial charge in [-0.2, -0.15) is 0 Å². The van der Waals surface area contributed by atoms with E-state index in [1.807, 2.05) is 19.1 Å². The molecule has 0 spiro atoms. The summed E-state index contributed by atoms with van der Waals surface area (Å²) in [6, 6.07) is 7.21. The smallest absolute Gasteiger partial charge is 0.309 e. The topological polar surface area (TPSA) is 88.6 Å². The number of aromatic nitrogens is 1. The first-order valence-electron chi connectivity index (χ1n) is 9.54. The number of fused-ring (bicyclic) bond motifs is 1. The van der Waals surface area contributed by atoms with Gasteiger partial charge in [0.1, 0.15) is 0 Å². The zero-order chi connectivity index (χ0) is 20.3. The maximum atomic E-state index is 13.2. The molecule has 0 bridgehead atoms. The van der Waals surface area contributed by atoms with E-state index < -0.39 is 0 Å². The summed E-state index contributed by atoms with van der Waals surface area (Å²) in [5, 5.41) is 3.49. The number of esters is 1. The minimum atomic E-state index is -0.208. The molecule has 1 aromatic heterocycles. The van der Waals surface area contributed by atoms with Crippen LogP contribution in [0.3, 0.4) is 0 Å². The summed E-state index contributed by atoms with van der Waals surface area (Å²) in [6.45, 7) is 6.45. The number of ether oxygens (including phenoxy) is 1. The van der Waals surface area contributed by atoms with Crippen LogP contribution in [0.5, 0.6) is 0 Å². The number of nitrogens with one attached hydrogen (secondary N) is 1. The van der Waals surface area contributed by atoms with Crippen LogP contribution in [0.1, 0.15) is 42.7 Å². The Morgan fingerprint density at radius 3 is 2.57 bits per heavy atom. The van der Waals surface area contributed by atoms with E-state index in [4.69, 9.17) is 4.74 Å². The van der Waals surface area contributed by atoms with Crippen LogP contribution in [-0.2, 0) is 14.3 Å². The van der Waals surface area contributed by atoms with E-state index in [0.717, 1.165) is 11.1 Å². The highest BCUT2D eigenvalue weighted by Crippen LogP contribution is 2.27. The van der Waals surface area contributed by atoms with Gasteiger partial charge in [-0.05, 0) is 44.9 Å². The van der Waals surface area contributed by atoms with E-state index in [0.29, 0.717) is 49.3 Å². The Kier molecular flexibility index (Phi) is 5.92. The van der Waals surface area contributed by atoms with Crippen molar-refractivity contribution in [3.05, 3.63) is 35.5 Å². The SMILES string of the molecule is CCOC(=O)C1CCN(C(=O)c2cc(NC(C)=O)cc3nc(C)ccc23)CC1. The van der Waals surface area contributed by atoms with Gasteiger partial charge in [-0.3, -0.25) is 19.4 Å². The van der Waals surface area contributed by atoms with Gasteiger partial charge in [-0.1, -0.05) is 6.07 Å². The number of carbonyl (C=O) groups is 3. The third-order valence-electron chi connectivity index (χ3n) is 4.90. The summed E-state index contributed by atoms with van der Waals surface area (Å²) >= 11 is 0. The molecule has 1 aliphatic heterocycles. The van der Waals surface area contributed by atoms with Gasteiger partial charge in [0.15, 0.2) is 0 Å². The number of hydrogen-bond acceptors (Lipinski definition) is 5. The van der Waals surface area contributed by atoms with Crippen molar-refractivity contribution in [1.29, 1.82) is 0 Å². The van der Waals surface area contributed by atoms with Crippen LogP contribution < -0.4 is 5.32 Å². The van der Waals surface area contributed by atoms with Crippen molar-refractivity contribution < 1.29 is 19.1 Å². The van der Waals surface area contributed by atoms with Crippen LogP contribution in [0.4, 0.5) is 5.69 Å². The second-order valence-corrected chi connectivity index (χ2v) is 7.04. The lowest BCUT2D eigenvalue weighted by molar-refractivity contribution is -0.149. The van der Waals surface area contributed by atoms with Crippen molar-refractivity contribution in [2.75, 3.05) is 25.0 Å². The molecule has 1 aromatic carbocycles. The molecule has 148 valence electrons. The molecule has 1 saturated heterocycles. The van der Waals surface area contributed by atoms with Gasteiger partial charge in [-0.25, -0.2) is 0 Å². The van der Waals surface area contributed by atoms with Crippen LogP contribution >= 0.6 is 0 Å². The first-order valence-corrected chi connectivity index (χ1v) is 9.54. The third-order valence-corrected chi connectivity index (χ3v) is 4.90. The Morgan fingerprint density at radius 1 is 1.21 bits per heavy atom. The summed E-state index contributed by atoms with van der Waals surface area (Å²) < 4.78 is 5.09. The molecule has 0 radical (unpaired) electrons. The summed E-state index contributed by atoms with van der Waals surface area (Å²) in [6.07, 6.45) is 1.18. The molecule has 0 saturated carbocycles. The second-order valence-electron chi connectivity index (χ2n) is 7.04. The Morgan fingerprint density at radius 2 is 1.93 bits per heavy atom. The lowest BCUT2D eigenvalue weighted by atomic mass is 9.96. The standard InChI is InChI=1S/C21H25N3O4/c1-4-28-21(27)15-7-9-24(10-8-15)20(26)18-11-16(23-14(3)25)12-19-17(18)6-5-13(2)22-19/h5-6,11-12,15H,4,7-10H2,1-3H3,(H,23,25). The number of likely N-dealkylation sites (tertiary alicyclic amines) is 1. The Hall–Kier alpha value is -2.96. The lowest BCUT2D eigenvalue weighted by Crippen LogP contribution is -2.40. The number of hydrogen-bond donors (Lipinski definition) is 1. The monoisotopic (exact) mass is 383 g/mol. The van der Waals surface area contributed by atoms with Gasteiger partial charge in [0.25, 0.3) is 5.91 Å². The van der Waals surface area contributed by atoms with Gasteiger partial charge >= 0.3 is 5.97 Å². The van der Waals surface area contributed by atoms with Crippen molar-refractivity contribution in [1.82, 2.24) is 9.88 Å². The Labute approximate surface area is 164 Å². The van der Waals surface area contributed by atoms with Crippen molar-refractivity contribution in [2.24, 2.45) is 5.92 Å². The number of benzene rings is 1. The van der Waals surface area contributed by atoms with Gasteiger partial charge in [0, 0.05) is 36.8 Å². The molecule has 1 fully saturated rings. The number of nitrogens with zero attached hydrogens (tertiary/aromatic N) is 2. The fourth-order valence-electron chi connectivity index (χ4n) is 3.54. The number of piperidine rings is 1. The van der Waals surface area contributed by atoms with E-state index in [9.17, 15) is 14.4 Å². The molecular formula is C21H25N3O4. The molecule has 7 nitrogen and oxygen atoms in total. The van der Waals surface area contributed by atoms with Crippen molar-refractivity contribution in [3.8, 4) is 0 Å². The molecular weight excluding hydrogens is 358 g/mol. The van der Waals surface area contributed by atoms with Gasteiger partial charge in [0.2, 0.25) is 5.91 Å². The number of pyridine rings is 1. The van der Waals surface area contributed by atoms with Crippen LogP contribution in [0.15, 0.2) is 24.3 Å². The zero-order valence-corrected chi connectivity index (χ0v) is 16.4. The summed E-state index contributed by atoms with van der Waals surface area (Å²) in [5.41, 5.74) is 2.54. The van der Waals surface area contributed by atoms with E-state index >= 15 is 0 Å². The maximum Gasteiger partial charge on any atom is 0.309 e. The molecule has 7 heteroatoms. The average Bonchev–Trinajstić information content (AvgIpc) is 2.66. The first kappa shape index (κ1) is 19.8. The molecule has 28 heavy (non-hydrogen) atoms. The zero-order valence-electron chi connectivity index (χ0n) is 16.4. The predicted octanol–water partition coefficient (Wildman–Crippen LogP) is 2.92. The fourth-order valence-corrected chi connectivity index (χ4v) is 3.54. The third kappa shape index (κ3) is 4.30. The second kappa shape index (κ2) is 8.37. The molecule has 0 aliphatic carbocycles. The molecule has 3 rings (SSSR count). The lowest BCUT2D eigenvalue weighted by Gasteiger charge is -2.31. The highest BCUT2D eigenvalue weighted by molar-refractivity contribution is 6.08. The Bertz CT molecular complexity index is 917. The highest BCUT2D eigenvalue weighted by Gasteiger charge is 2.29. The normalized spacial score (nSPS) is 14.8. The summed E-state index contributed by atoms with van der Waals surface area (Å²) in [5.74, 6) is -0.672. The Balaban J connectivity index is 1.87. The van der Waals surface area contributed by atoms with Crippen LogP contribution in [-0.4, -0.2) is 47.4 Å². The van der Waals surface area contributed by atoms with Crippen molar-refractivity contribution in [3.63, 3.8) is 0 Å². The number of aryl methyl sites for hydroxylation is 1. The molecule has 0 atom stereocenters. The summed E-state index contributed by atoms with van der Waals surface area (Å²) in [7, 11) is 0. The van der Waals surface area contributed by atoms with Gasteiger partial charge in [-0.15, -0.1) is 0 Å². The van der Waals surface area contributed by atoms with Gasteiger partial charge < -0.3 is 15.0 Å². The van der Waals surface area contributed by atoms with E-state index in [1.165, 1.54) is 6.92 Å². The first-order chi connectivity index (χ1) is 13.4. The summed E-state index contributed by atoms with van der Waals surface area (Å²) in [4.78, 5) is 42.9. The molecule has 2 amide bonds. The number of carbonyl (C=O) groups excluding carboxylic acids is 3. The highest BCUT2D eigenvalue weighted by atomic mass is 16.5. The van der Waals surface area contributed by atoms with Crippen LogP contribution in [0.2, 0.25) is 0 Å². The van der Waals surface area contributed by atoms with Crippen LogP contribution in [0.25, 0.3) is 10.9 Å². The number of rotatable bonds is 4. The molecule has 2 aromatic rings. The molecule has 1 N–H and O–H groups in total. The minimum absolute atomic E-state index is 0.120. The average molecular weight is 383 g/mol. The van der Waals surface area contributed by atoms with Gasteiger partial charge in [0.05, 0.1) is 23.6 Å².